The van der Waals surface area contributed by atoms with Crippen LogP contribution in [-0.4, -0.2) is 34.4 Å². The Balaban J connectivity index is 1.79. The summed E-state index contributed by atoms with van der Waals surface area (Å²) in [6.07, 6.45) is 3.17. The van der Waals surface area contributed by atoms with Crippen LogP contribution >= 0.6 is 0 Å². The third-order valence-corrected chi connectivity index (χ3v) is 4.43. The maximum Gasteiger partial charge on any atom is 0.494 e. The highest BCUT2D eigenvalue weighted by Gasteiger charge is 2.51. The van der Waals surface area contributed by atoms with Gasteiger partial charge in [0.25, 0.3) is 5.91 Å². The van der Waals surface area contributed by atoms with E-state index in [4.69, 9.17) is 9.31 Å². The SMILES string of the molecule is CC1(C)OB(c2cccc(C(=O)Nc3cn[nH]c3)c2)OC1(C)C. The zero-order chi connectivity index (χ0) is 16.7. The number of carbonyl (C=O) groups excluding carboxylic acids is 1. The van der Waals surface area contributed by atoms with Crippen LogP contribution < -0.4 is 10.8 Å². The molecule has 2 aromatic rings. The Morgan fingerprint density at radius 2 is 1.91 bits per heavy atom. The molecule has 1 aliphatic heterocycles. The molecule has 1 aliphatic rings. The maximum absolute atomic E-state index is 12.3. The minimum Gasteiger partial charge on any atom is -0.399 e. The van der Waals surface area contributed by atoms with Gasteiger partial charge in [-0.3, -0.25) is 9.89 Å². The molecule has 0 aliphatic carbocycles. The standard InChI is InChI=1S/C16H20BN3O3/c1-15(2)16(3,4)23-17(22-15)12-7-5-6-11(8-12)14(21)20-13-9-18-19-10-13/h5-10H,1-4H3,(H,18,19)(H,20,21). The van der Waals surface area contributed by atoms with Gasteiger partial charge in [-0.2, -0.15) is 5.10 Å². The van der Waals surface area contributed by atoms with Crippen molar-refractivity contribution in [1.29, 1.82) is 0 Å². The predicted molar refractivity (Wildman–Crippen MR) is 88.7 cm³/mol. The highest BCUT2D eigenvalue weighted by atomic mass is 16.7. The van der Waals surface area contributed by atoms with Gasteiger partial charge in [-0.15, -0.1) is 0 Å². The summed E-state index contributed by atoms with van der Waals surface area (Å²) in [5, 5.41) is 9.23. The van der Waals surface area contributed by atoms with Crippen LogP contribution in [0.25, 0.3) is 0 Å². The van der Waals surface area contributed by atoms with E-state index < -0.39 is 18.3 Å². The summed E-state index contributed by atoms with van der Waals surface area (Å²) < 4.78 is 12.0. The van der Waals surface area contributed by atoms with Gasteiger partial charge in [0.2, 0.25) is 0 Å². The van der Waals surface area contributed by atoms with Gasteiger partial charge in [-0.25, -0.2) is 0 Å². The lowest BCUT2D eigenvalue weighted by atomic mass is 9.78. The Labute approximate surface area is 135 Å². The molecule has 0 unspecified atom stereocenters. The van der Waals surface area contributed by atoms with Crippen LogP contribution in [0.1, 0.15) is 38.1 Å². The molecule has 3 rings (SSSR count). The van der Waals surface area contributed by atoms with E-state index in [2.05, 4.69) is 15.5 Å². The number of nitrogens with zero attached hydrogens (tertiary/aromatic N) is 1. The van der Waals surface area contributed by atoms with Gasteiger partial charge >= 0.3 is 7.12 Å². The Kier molecular flexibility index (Phi) is 3.78. The van der Waals surface area contributed by atoms with Crippen molar-refractivity contribution in [3.05, 3.63) is 42.2 Å². The van der Waals surface area contributed by atoms with Gasteiger partial charge in [0.1, 0.15) is 0 Å². The number of benzene rings is 1. The number of rotatable bonds is 3. The third kappa shape index (κ3) is 3.02. The van der Waals surface area contributed by atoms with Crippen molar-refractivity contribution in [3.63, 3.8) is 0 Å². The number of nitrogens with one attached hydrogen (secondary N) is 2. The summed E-state index contributed by atoms with van der Waals surface area (Å²) in [6.45, 7) is 8.01. The van der Waals surface area contributed by atoms with Crippen LogP contribution in [0.4, 0.5) is 5.69 Å². The lowest BCUT2D eigenvalue weighted by Crippen LogP contribution is -2.41. The summed E-state index contributed by atoms with van der Waals surface area (Å²) in [6, 6.07) is 7.27. The number of aromatic amines is 1. The fraction of sp³-hybridized carbons (Fsp3) is 0.375. The number of hydrogen-bond donors (Lipinski definition) is 2. The molecular formula is C16H20BN3O3. The summed E-state index contributed by atoms with van der Waals surface area (Å²) in [4.78, 5) is 12.3. The Bertz CT molecular complexity index is 697. The average molecular weight is 313 g/mol. The molecule has 2 N–H and O–H groups in total. The van der Waals surface area contributed by atoms with Crippen molar-refractivity contribution in [1.82, 2.24) is 10.2 Å². The van der Waals surface area contributed by atoms with E-state index in [1.807, 2.05) is 39.8 Å². The molecule has 2 heterocycles. The minimum atomic E-state index is -0.485. The molecule has 0 spiro atoms. The van der Waals surface area contributed by atoms with Gasteiger partial charge in [0.15, 0.2) is 0 Å². The Morgan fingerprint density at radius 1 is 1.22 bits per heavy atom. The number of anilines is 1. The van der Waals surface area contributed by atoms with Gasteiger partial charge in [0, 0.05) is 11.8 Å². The van der Waals surface area contributed by atoms with E-state index >= 15 is 0 Å². The highest BCUT2D eigenvalue weighted by Crippen LogP contribution is 2.36. The molecule has 120 valence electrons. The van der Waals surface area contributed by atoms with Crippen molar-refractivity contribution < 1.29 is 14.1 Å². The quantitative estimate of drug-likeness (QED) is 0.849. The lowest BCUT2D eigenvalue weighted by Gasteiger charge is -2.32. The van der Waals surface area contributed by atoms with E-state index in [1.165, 1.54) is 0 Å². The van der Waals surface area contributed by atoms with Crippen molar-refractivity contribution >= 4 is 24.2 Å². The number of hydrogen-bond acceptors (Lipinski definition) is 4. The van der Waals surface area contributed by atoms with E-state index in [0.717, 1.165) is 5.46 Å². The number of H-pyrrole nitrogens is 1. The third-order valence-electron chi connectivity index (χ3n) is 4.43. The molecule has 1 amide bonds. The van der Waals surface area contributed by atoms with Crippen molar-refractivity contribution in [3.8, 4) is 0 Å². The zero-order valence-electron chi connectivity index (χ0n) is 13.7. The van der Waals surface area contributed by atoms with Crippen LogP contribution in [0.5, 0.6) is 0 Å². The largest absolute Gasteiger partial charge is 0.494 e. The van der Waals surface area contributed by atoms with E-state index in [0.29, 0.717) is 11.3 Å². The molecule has 1 aromatic heterocycles. The highest BCUT2D eigenvalue weighted by molar-refractivity contribution is 6.62. The van der Waals surface area contributed by atoms with E-state index in [1.54, 1.807) is 24.5 Å². The molecule has 6 nitrogen and oxygen atoms in total. The number of carbonyl (C=O) groups is 1. The monoisotopic (exact) mass is 313 g/mol. The predicted octanol–water partition coefficient (Wildman–Crippen LogP) is 1.96. The molecule has 0 bridgehead atoms. The van der Waals surface area contributed by atoms with Crippen LogP contribution in [0, 0.1) is 0 Å². The second-order valence-electron chi connectivity index (χ2n) is 6.65. The fourth-order valence-corrected chi connectivity index (χ4v) is 2.33. The van der Waals surface area contributed by atoms with Gasteiger partial charge < -0.3 is 14.6 Å². The molecule has 1 saturated heterocycles. The van der Waals surface area contributed by atoms with Crippen molar-refractivity contribution in [2.24, 2.45) is 0 Å². The second kappa shape index (κ2) is 5.51. The normalized spacial score (nSPS) is 18.9. The molecule has 7 heteroatoms. The summed E-state index contributed by atoms with van der Waals surface area (Å²) in [5.41, 5.74) is 1.16. The molecule has 1 fully saturated rings. The van der Waals surface area contributed by atoms with Crippen LogP contribution in [0.15, 0.2) is 36.7 Å². The van der Waals surface area contributed by atoms with Crippen LogP contribution in [0.3, 0.4) is 0 Å². The number of amides is 1. The lowest BCUT2D eigenvalue weighted by molar-refractivity contribution is 0.00578. The zero-order valence-corrected chi connectivity index (χ0v) is 13.7. The van der Waals surface area contributed by atoms with Gasteiger partial charge in [-0.05, 0) is 45.3 Å². The average Bonchev–Trinajstić information content (AvgIpc) is 3.05. The van der Waals surface area contributed by atoms with Crippen molar-refractivity contribution in [2.45, 2.75) is 38.9 Å². The van der Waals surface area contributed by atoms with E-state index in [-0.39, 0.29) is 5.91 Å². The summed E-state index contributed by atoms with van der Waals surface area (Å²) in [5.74, 6) is -0.204. The first-order valence-electron chi connectivity index (χ1n) is 7.54. The molecule has 0 saturated carbocycles. The van der Waals surface area contributed by atoms with Gasteiger partial charge in [0.05, 0.1) is 23.1 Å². The number of aromatic nitrogens is 2. The van der Waals surface area contributed by atoms with Crippen LogP contribution in [-0.2, 0) is 9.31 Å². The summed E-state index contributed by atoms with van der Waals surface area (Å²) in [7, 11) is -0.485. The Morgan fingerprint density at radius 3 is 2.52 bits per heavy atom. The fourth-order valence-electron chi connectivity index (χ4n) is 2.33. The topological polar surface area (TPSA) is 76.2 Å². The first-order valence-corrected chi connectivity index (χ1v) is 7.54. The molecule has 0 radical (unpaired) electrons. The van der Waals surface area contributed by atoms with E-state index in [9.17, 15) is 4.79 Å². The molecule has 1 aromatic carbocycles. The smallest absolute Gasteiger partial charge is 0.399 e. The molecule has 0 atom stereocenters. The Hall–Kier alpha value is -2.12. The molecule has 23 heavy (non-hydrogen) atoms. The van der Waals surface area contributed by atoms with Crippen molar-refractivity contribution in [2.75, 3.05) is 5.32 Å². The first-order chi connectivity index (χ1) is 10.8. The minimum absolute atomic E-state index is 0.204. The summed E-state index contributed by atoms with van der Waals surface area (Å²) >= 11 is 0. The van der Waals surface area contributed by atoms with Crippen LogP contribution in [0.2, 0.25) is 0 Å². The maximum atomic E-state index is 12.3. The second-order valence-corrected chi connectivity index (χ2v) is 6.65. The van der Waals surface area contributed by atoms with Gasteiger partial charge in [-0.1, -0.05) is 12.1 Å². The first kappa shape index (κ1) is 15.8. The molecular weight excluding hydrogens is 293 g/mol.